The van der Waals surface area contributed by atoms with Gasteiger partial charge in [0.2, 0.25) is 11.8 Å². The average Bonchev–Trinajstić information content (AvgIpc) is 2.30. The summed E-state index contributed by atoms with van der Waals surface area (Å²) in [5.41, 5.74) is 5.40. The molecular weight excluding hydrogens is 238 g/mol. The van der Waals surface area contributed by atoms with Crippen molar-refractivity contribution in [3.05, 3.63) is 0 Å². The average molecular weight is 257 g/mol. The van der Waals surface area contributed by atoms with Crippen LogP contribution in [0.15, 0.2) is 0 Å². The molecule has 0 radical (unpaired) electrons. The van der Waals surface area contributed by atoms with Crippen molar-refractivity contribution in [3.63, 3.8) is 0 Å². The number of nitrogens with two attached hydrogens (primary N) is 1. The number of nitrogens with zero attached hydrogens (tertiary/aromatic N) is 1. The van der Waals surface area contributed by atoms with Gasteiger partial charge < -0.3 is 21.1 Å². The van der Waals surface area contributed by atoms with E-state index in [2.05, 4.69) is 5.32 Å². The summed E-state index contributed by atoms with van der Waals surface area (Å²) in [6, 6.07) is -0.913. The van der Waals surface area contributed by atoms with Gasteiger partial charge in [0.05, 0.1) is 6.42 Å². The number of hydrogen-bond donors (Lipinski definition) is 3. The Morgan fingerprint density at radius 2 is 2.28 bits per heavy atom. The van der Waals surface area contributed by atoms with Gasteiger partial charge >= 0.3 is 5.97 Å². The standard InChI is InChI=1S/C11H19N3O4/c1-7(2-3-12)11(18)14-5-4-13-10(17)8(14)6-9(15)16/h7-8H,2-6,12H2,1H3,(H,13,17)(H,15,16). The Labute approximate surface area is 105 Å². The van der Waals surface area contributed by atoms with Crippen LogP contribution in [0, 0.1) is 5.92 Å². The number of carbonyl (C=O) groups is 3. The van der Waals surface area contributed by atoms with Gasteiger partial charge in [-0.2, -0.15) is 0 Å². The molecule has 1 saturated heterocycles. The van der Waals surface area contributed by atoms with E-state index in [4.69, 9.17) is 10.8 Å². The zero-order valence-electron chi connectivity index (χ0n) is 10.4. The highest BCUT2D eigenvalue weighted by molar-refractivity contribution is 5.92. The molecule has 0 aliphatic carbocycles. The van der Waals surface area contributed by atoms with Gasteiger partial charge in [0.15, 0.2) is 0 Å². The highest BCUT2D eigenvalue weighted by atomic mass is 16.4. The lowest BCUT2D eigenvalue weighted by molar-refractivity contribution is -0.150. The van der Waals surface area contributed by atoms with E-state index in [-0.39, 0.29) is 18.2 Å². The van der Waals surface area contributed by atoms with Gasteiger partial charge in [-0.25, -0.2) is 0 Å². The molecule has 2 atom stereocenters. The summed E-state index contributed by atoms with van der Waals surface area (Å²) in [5.74, 6) is -2.00. The molecule has 0 saturated carbocycles. The largest absolute Gasteiger partial charge is 0.481 e. The smallest absolute Gasteiger partial charge is 0.305 e. The van der Waals surface area contributed by atoms with Crippen molar-refractivity contribution < 1.29 is 19.5 Å². The quantitative estimate of drug-likeness (QED) is 0.571. The number of nitrogens with one attached hydrogen (secondary N) is 1. The molecule has 2 unspecified atom stereocenters. The van der Waals surface area contributed by atoms with Crippen molar-refractivity contribution in [2.24, 2.45) is 11.7 Å². The molecule has 0 bridgehead atoms. The van der Waals surface area contributed by atoms with Crippen LogP contribution in [-0.2, 0) is 14.4 Å². The second-order valence-corrected chi connectivity index (χ2v) is 4.41. The lowest BCUT2D eigenvalue weighted by Gasteiger charge is -2.35. The van der Waals surface area contributed by atoms with E-state index in [9.17, 15) is 14.4 Å². The van der Waals surface area contributed by atoms with Gasteiger partial charge in [-0.3, -0.25) is 14.4 Å². The van der Waals surface area contributed by atoms with Crippen molar-refractivity contribution in [3.8, 4) is 0 Å². The summed E-state index contributed by atoms with van der Waals surface area (Å²) in [4.78, 5) is 35.8. The van der Waals surface area contributed by atoms with E-state index in [0.717, 1.165) is 0 Å². The van der Waals surface area contributed by atoms with Crippen LogP contribution < -0.4 is 11.1 Å². The number of carbonyl (C=O) groups excluding carboxylic acids is 2. The van der Waals surface area contributed by atoms with E-state index in [0.29, 0.717) is 26.1 Å². The molecule has 0 aromatic rings. The van der Waals surface area contributed by atoms with Gasteiger partial charge in [-0.15, -0.1) is 0 Å². The first-order valence-electron chi connectivity index (χ1n) is 5.97. The van der Waals surface area contributed by atoms with Crippen molar-refractivity contribution in [1.82, 2.24) is 10.2 Å². The van der Waals surface area contributed by atoms with Gasteiger partial charge in [0.25, 0.3) is 0 Å². The molecule has 1 heterocycles. The summed E-state index contributed by atoms with van der Waals surface area (Å²) in [7, 11) is 0. The van der Waals surface area contributed by atoms with E-state index >= 15 is 0 Å². The van der Waals surface area contributed by atoms with Gasteiger partial charge in [0, 0.05) is 19.0 Å². The first-order valence-corrected chi connectivity index (χ1v) is 5.97. The van der Waals surface area contributed by atoms with Crippen LogP contribution in [0.3, 0.4) is 0 Å². The Balaban J connectivity index is 2.78. The molecule has 1 fully saturated rings. The summed E-state index contributed by atoms with van der Waals surface area (Å²) >= 11 is 0. The molecule has 7 heteroatoms. The van der Waals surface area contributed by atoms with Crippen LogP contribution in [0.4, 0.5) is 0 Å². The number of rotatable bonds is 5. The molecule has 2 amide bonds. The number of carboxylic acids is 1. The molecular formula is C11H19N3O4. The minimum atomic E-state index is -1.10. The highest BCUT2D eigenvalue weighted by Crippen LogP contribution is 2.14. The van der Waals surface area contributed by atoms with Crippen LogP contribution in [0.1, 0.15) is 19.8 Å². The Morgan fingerprint density at radius 1 is 1.61 bits per heavy atom. The lowest BCUT2D eigenvalue weighted by Crippen LogP contribution is -2.58. The first kappa shape index (κ1) is 14.4. The molecule has 102 valence electrons. The third kappa shape index (κ3) is 3.43. The fourth-order valence-corrected chi connectivity index (χ4v) is 2.00. The van der Waals surface area contributed by atoms with Crippen molar-refractivity contribution >= 4 is 17.8 Å². The van der Waals surface area contributed by atoms with Gasteiger partial charge in [-0.1, -0.05) is 6.92 Å². The maximum atomic E-state index is 12.1. The summed E-state index contributed by atoms with van der Waals surface area (Å²) in [6.45, 7) is 2.82. The van der Waals surface area contributed by atoms with Crippen molar-refractivity contribution in [1.29, 1.82) is 0 Å². The maximum Gasteiger partial charge on any atom is 0.305 e. The molecule has 0 aromatic heterocycles. The molecule has 1 rings (SSSR count). The predicted molar refractivity (Wildman–Crippen MR) is 63.6 cm³/mol. The monoisotopic (exact) mass is 257 g/mol. The Morgan fingerprint density at radius 3 is 2.83 bits per heavy atom. The van der Waals surface area contributed by atoms with Crippen LogP contribution >= 0.6 is 0 Å². The van der Waals surface area contributed by atoms with Crippen LogP contribution in [0.25, 0.3) is 0 Å². The zero-order valence-corrected chi connectivity index (χ0v) is 10.4. The van der Waals surface area contributed by atoms with Crippen molar-refractivity contribution in [2.75, 3.05) is 19.6 Å². The Kier molecular flexibility index (Phi) is 5.08. The highest BCUT2D eigenvalue weighted by Gasteiger charge is 2.35. The minimum Gasteiger partial charge on any atom is -0.481 e. The van der Waals surface area contributed by atoms with Gasteiger partial charge in [0.1, 0.15) is 6.04 Å². The molecule has 0 spiro atoms. The number of carboxylic acid groups (broad SMARTS) is 1. The van der Waals surface area contributed by atoms with E-state index < -0.39 is 17.9 Å². The molecule has 18 heavy (non-hydrogen) atoms. The van der Waals surface area contributed by atoms with E-state index in [1.54, 1.807) is 6.92 Å². The van der Waals surface area contributed by atoms with Crippen LogP contribution in [-0.4, -0.2) is 53.5 Å². The molecule has 0 aromatic carbocycles. The summed E-state index contributed by atoms with van der Waals surface area (Å²) in [6.07, 6.45) is 0.156. The SMILES string of the molecule is CC(CCN)C(=O)N1CCNC(=O)C1CC(=O)O. The Hall–Kier alpha value is -1.63. The fourth-order valence-electron chi connectivity index (χ4n) is 2.00. The normalized spacial score (nSPS) is 21.3. The predicted octanol–water partition coefficient (Wildman–Crippen LogP) is -1.23. The topological polar surface area (TPSA) is 113 Å². The molecule has 1 aliphatic heterocycles. The number of amides is 2. The molecule has 4 N–H and O–H groups in total. The van der Waals surface area contributed by atoms with E-state index in [1.165, 1.54) is 4.90 Å². The van der Waals surface area contributed by atoms with Crippen LogP contribution in [0.2, 0.25) is 0 Å². The van der Waals surface area contributed by atoms with Gasteiger partial charge in [-0.05, 0) is 13.0 Å². The Bertz CT molecular complexity index is 345. The minimum absolute atomic E-state index is 0.207. The molecule has 7 nitrogen and oxygen atoms in total. The zero-order chi connectivity index (χ0) is 13.7. The second-order valence-electron chi connectivity index (χ2n) is 4.41. The van der Waals surface area contributed by atoms with Crippen molar-refractivity contribution in [2.45, 2.75) is 25.8 Å². The maximum absolute atomic E-state index is 12.1. The third-order valence-electron chi connectivity index (χ3n) is 3.00. The summed E-state index contributed by atoms with van der Waals surface area (Å²) < 4.78 is 0. The molecule has 1 aliphatic rings. The van der Waals surface area contributed by atoms with Crippen LogP contribution in [0.5, 0.6) is 0 Å². The third-order valence-corrected chi connectivity index (χ3v) is 3.00. The number of hydrogen-bond acceptors (Lipinski definition) is 4. The second kappa shape index (κ2) is 6.34. The lowest BCUT2D eigenvalue weighted by atomic mass is 10.0. The fraction of sp³-hybridized carbons (Fsp3) is 0.727. The number of piperazine rings is 1. The summed E-state index contributed by atoms with van der Waals surface area (Å²) in [5, 5.41) is 11.4. The van der Waals surface area contributed by atoms with E-state index in [1.807, 2.05) is 0 Å². The first-order chi connectivity index (χ1) is 8.47. The number of aliphatic carboxylic acids is 1.